The van der Waals surface area contributed by atoms with Crippen molar-refractivity contribution in [1.29, 1.82) is 0 Å². The number of nitrogens with zero attached hydrogens (tertiary/aromatic N) is 6. The fraction of sp³-hybridized carbons (Fsp3) is 0.00719. The standard InChI is InChI=1S/C55H36N2.C42H28N2O.C42H28N2S/c1-4-16-39(17-5-1)56(40-18-6-2-7-19-40)42-31-28-37(29-32-42)38-30-33-53-47(34-38)48-35-46-45-24-12-15-27-51(45)55(52(46)36-54(48)57(53)41-20-8-3-9-21-41)49-25-13-10-22-43(49)44-23-11-14-26-50(44)55;2*1-4-12-31(13-5-1)43(32-14-6-2-7-15-32)34-23-20-29(21-24-34)30-22-26-38-37(28-30)41-39(44(38)33-16-8-3-9-17-33)27-25-36-35-18-10-11-19-40(35)45-42(36)41/h1-36H;2*1-28H. The van der Waals surface area contributed by atoms with Gasteiger partial charge in [-0.1, -0.05) is 334 Å². The predicted molar refractivity (Wildman–Crippen MR) is 619 cm³/mol. The number of para-hydroxylation sites is 10. The summed E-state index contributed by atoms with van der Waals surface area (Å²) >= 11 is 1.90. The van der Waals surface area contributed by atoms with Crippen LogP contribution in [0.1, 0.15) is 22.3 Å². The van der Waals surface area contributed by atoms with Crippen LogP contribution in [-0.4, -0.2) is 13.7 Å². The van der Waals surface area contributed by atoms with Gasteiger partial charge < -0.3 is 32.8 Å². The Bertz CT molecular complexity index is 9360. The van der Waals surface area contributed by atoms with Gasteiger partial charge in [0.25, 0.3) is 0 Å². The second-order valence-electron chi connectivity index (χ2n) is 38.0. The van der Waals surface area contributed by atoms with Crippen molar-refractivity contribution < 1.29 is 4.42 Å². The first-order valence-corrected chi connectivity index (χ1v) is 51.1. The maximum absolute atomic E-state index is 6.58. The van der Waals surface area contributed by atoms with E-state index in [4.69, 9.17) is 4.42 Å². The maximum atomic E-state index is 6.58. The maximum Gasteiger partial charge on any atom is 0.145 e. The molecule has 8 heteroatoms. The summed E-state index contributed by atoms with van der Waals surface area (Å²) in [7, 11) is 0. The van der Waals surface area contributed by atoms with E-state index in [1.165, 1.54) is 153 Å². The molecule has 0 amide bonds. The summed E-state index contributed by atoms with van der Waals surface area (Å²) in [6.07, 6.45) is 0. The number of rotatable bonds is 15. The first-order chi connectivity index (χ1) is 72.9. The monoisotopic (exact) mass is 1890 g/mol. The molecule has 5 heterocycles. The lowest BCUT2D eigenvalue weighted by Crippen LogP contribution is -2.25. The van der Waals surface area contributed by atoms with Gasteiger partial charge >= 0.3 is 0 Å². The molecule has 30 rings (SSSR count). The van der Waals surface area contributed by atoms with Gasteiger partial charge in [0, 0.05) is 126 Å². The largest absolute Gasteiger partial charge is 0.455 e. The molecule has 0 unspecified atom stereocenters. The third kappa shape index (κ3) is 14.4. The lowest BCUT2D eigenvalue weighted by molar-refractivity contribution is 0.673. The average molecular weight is 1890 g/mol. The molecule has 0 radical (unpaired) electrons. The molecule has 28 aromatic rings. The number of fused-ring (bicyclic) bond motifs is 27. The van der Waals surface area contributed by atoms with Crippen molar-refractivity contribution >= 4 is 170 Å². The molecule has 690 valence electrons. The predicted octanol–water partition coefficient (Wildman–Crippen LogP) is 38.4. The van der Waals surface area contributed by atoms with Gasteiger partial charge in [0.1, 0.15) is 11.2 Å². The number of aromatic nitrogens is 3. The lowest BCUT2D eigenvalue weighted by atomic mass is 9.70. The van der Waals surface area contributed by atoms with E-state index in [-0.39, 0.29) is 0 Å². The van der Waals surface area contributed by atoms with Gasteiger partial charge in [-0.25, -0.2) is 0 Å². The molecule has 1 spiro atoms. The lowest BCUT2D eigenvalue weighted by Gasteiger charge is -2.30. The van der Waals surface area contributed by atoms with E-state index in [1.54, 1.807) is 0 Å². The molecule has 5 aromatic heterocycles. The van der Waals surface area contributed by atoms with E-state index in [0.717, 1.165) is 101 Å². The van der Waals surface area contributed by atoms with Crippen molar-refractivity contribution in [2.45, 2.75) is 5.41 Å². The highest BCUT2D eigenvalue weighted by Gasteiger charge is 2.52. The molecule has 2 aliphatic rings. The van der Waals surface area contributed by atoms with Gasteiger partial charge in [-0.2, -0.15) is 0 Å². The third-order valence-electron chi connectivity index (χ3n) is 29.9. The van der Waals surface area contributed by atoms with E-state index in [9.17, 15) is 0 Å². The minimum atomic E-state index is -0.397. The number of hydrogen-bond acceptors (Lipinski definition) is 5. The Morgan fingerprint density at radius 2 is 0.483 bits per heavy atom. The summed E-state index contributed by atoms with van der Waals surface area (Å²) in [5.74, 6) is 0. The first-order valence-electron chi connectivity index (χ1n) is 50.3. The third-order valence-corrected chi connectivity index (χ3v) is 31.1. The Morgan fingerprint density at radius 3 is 0.905 bits per heavy atom. The van der Waals surface area contributed by atoms with Crippen molar-refractivity contribution in [2.75, 3.05) is 14.7 Å². The molecule has 0 N–H and O–H groups in total. The van der Waals surface area contributed by atoms with E-state index < -0.39 is 5.41 Å². The number of thiophene rings is 1. The van der Waals surface area contributed by atoms with E-state index >= 15 is 0 Å². The van der Waals surface area contributed by atoms with E-state index in [2.05, 4.69) is 580 Å². The summed E-state index contributed by atoms with van der Waals surface area (Å²) in [5, 5.41) is 12.4. The zero-order chi connectivity index (χ0) is 97.0. The van der Waals surface area contributed by atoms with Crippen LogP contribution < -0.4 is 14.7 Å². The fourth-order valence-electron chi connectivity index (χ4n) is 23.5. The highest BCUT2D eigenvalue weighted by Crippen LogP contribution is 2.64. The molecule has 0 atom stereocenters. The first kappa shape index (κ1) is 85.8. The van der Waals surface area contributed by atoms with Crippen molar-refractivity contribution in [2.24, 2.45) is 0 Å². The molecule has 0 aliphatic heterocycles. The minimum Gasteiger partial charge on any atom is -0.455 e. The van der Waals surface area contributed by atoms with Crippen molar-refractivity contribution in [1.82, 2.24) is 13.7 Å². The molecule has 0 fully saturated rings. The Hall–Kier alpha value is -19.1. The zero-order valence-corrected chi connectivity index (χ0v) is 80.9. The van der Waals surface area contributed by atoms with Crippen LogP contribution in [0.5, 0.6) is 0 Å². The number of hydrogen-bond donors (Lipinski definition) is 0. The Morgan fingerprint density at radius 1 is 0.184 bits per heavy atom. The molecule has 23 aromatic carbocycles. The van der Waals surface area contributed by atoms with Crippen LogP contribution >= 0.6 is 11.3 Å². The quantitative estimate of drug-likeness (QED) is 0.103. The van der Waals surface area contributed by atoms with Crippen LogP contribution in [0.25, 0.3) is 180 Å². The summed E-state index contributed by atoms with van der Waals surface area (Å²) in [5.41, 5.74) is 40.1. The van der Waals surface area contributed by atoms with Crippen molar-refractivity contribution in [3.8, 4) is 72.7 Å². The zero-order valence-electron chi connectivity index (χ0n) is 80.1. The van der Waals surface area contributed by atoms with Crippen LogP contribution in [0.15, 0.2) is 563 Å². The van der Waals surface area contributed by atoms with Crippen molar-refractivity contribution in [3.63, 3.8) is 0 Å². The minimum absolute atomic E-state index is 0.397. The Kier molecular flexibility index (Phi) is 20.9. The number of benzene rings is 23. The van der Waals surface area contributed by atoms with Crippen LogP contribution in [0.4, 0.5) is 51.2 Å². The number of anilines is 9. The molecule has 0 saturated carbocycles. The summed E-state index contributed by atoms with van der Waals surface area (Å²) < 4.78 is 16.5. The molecule has 0 bridgehead atoms. The Labute approximate surface area is 855 Å². The average Bonchev–Trinajstić information content (AvgIpc) is 1.50. The fourth-order valence-corrected chi connectivity index (χ4v) is 24.8. The SMILES string of the molecule is c1ccc(N(c2ccccc2)c2ccc(-c3ccc4c(c3)c3c5oc6ccccc6c5ccc3n4-c3ccccc3)cc2)cc1.c1ccc(N(c2ccccc2)c2ccc(-c3ccc4c(c3)c3c5sc6ccccc6c5ccc3n4-c3ccccc3)cc2)cc1.c1ccc(N(c2ccccc2)c2ccc(-c3ccc4c(c3)c3cc5c(cc3n4-c3ccccc3)C3(c4ccccc4-c4ccccc43)c3ccccc3-5)cc2)cc1. The summed E-state index contributed by atoms with van der Waals surface area (Å²) in [6, 6.07) is 201. The second kappa shape index (κ2) is 35.8. The normalized spacial score (nSPS) is 12.1. The van der Waals surface area contributed by atoms with E-state index in [1.807, 2.05) is 17.4 Å². The Balaban J connectivity index is 0.000000108. The topological polar surface area (TPSA) is 37.7 Å². The van der Waals surface area contributed by atoms with Gasteiger partial charge in [-0.05, 0) is 302 Å². The van der Waals surface area contributed by atoms with Gasteiger partial charge in [-0.3, -0.25) is 0 Å². The molecule has 0 saturated heterocycles. The molecular formula is C139H92N6OS. The van der Waals surface area contributed by atoms with Crippen LogP contribution in [-0.2, 0) is 5.41 Å². The highest BCUT2D eigenvalue weighted by molar-refractivity contribution is 7.26. The molecule has 2 aliphatic carbocycles. The molecular weight excluding hydrogens is 1800 g/mol. The van der Waals surface area contributed by atoms with Crippen LogP contribution in [0, 0.1) is 0 Å². The van der Waals surface area contributed by atoms with Gasteiger partial charge in [0.05, 0.1) is 43.9 Å². The van der Waals surface area contributed by atoms with Crippen LogP contribution in [0.3, 0.4) is 0 Å². The van der Waals surface area contributed by atoms with Crippen molar-refractivity contribution in [3.05, 3.63) is 580 Å². The molecule has 147 heavy (non-hydrogen) atoms. The summed E-state index contributed by atoms with van der Waals surface area (Å²) in [4.78, 5) is 6.91. The highest BCUT2D eigenvalue weighted by atomic mass is 32.1. The van der Waals surface area contributed by atoms with Crippen LogP contribution in [0.2, 0.25) is 0 Å². The van der Waals surface area contributed by atoms with Gasteiger partial charge in [0.15, 0.2) is 0 Å². The second-order valence-corrected chi connectivity index (χ2v) is 39.1. The number of furan rings is 1. The smallest absolute Gasteiger partial charge is 0.145 e. The molecule has 7 nitrogen and oxygen atoms in total. The van der Waals surface area contributed by atoms with E-state index in [0.29, 0.717) is 0 Å². The van der Waals surface area contributed by atoms with Gasteiger partial charge in [-0.15, -0.1) is 11.3 Å². The summed E-state index contributed by atoms with van der Waals surface area (Å²) in [6.45, 7) is 0. The van der Waals surface area contributed by atoms with Gasteiger partial charge in [0.2, 0.25) is 0 Å².